The van der Waals surface area contributed by atoms with Crippen LogP contribution in [0.1, 0.15) is 23.2 Å². The molecule has 82 valence electrons. The third kappa shape index (κ3) is 1.65. The maximum Gasteiger partial charge on any atom is 0.337 e. The molecule has 1 aliphatic rings. The largest absolute Gasteiger partial charge is 0.478 e. The Bertz CT molecular complexity index is 450. The lowest BCUT2D eigenvalue weighted by Gasteiger charge is -2.11. The lowest BCUT2D eigenvalue weighted by atomic mass is 10.3. The average Bonchev–Trinajstić information content (AvgIpc) is 2.59. The summed E-state index contributed by atoms with van der Waals surface area (Å²) in [5, 5.41) is 8.66. The second-order valence-corrected chi connectivity index (χ2v) is 3.33. The number of aromatic carboxylic acids is 1. The van der Waals surface area contributed by atoms with Crippen LogP contribution in [0, 0.1) is 0 Å². The monoisotopic (exact) mass is 220 g/mol. The van der Waals surface area contributed by atoms with E-state index >= 15 is 0 Å². The van der Waals surface area contributed by atoms with Gasteiger partial charge in [-0.2, -0.15) is 0 Å². The van der Waals surface area contributed by atoms with Gasteiger partial charge >= 0.3 is 5.97 Å². The van der Waals surface area contributed by atoms with Crippen LogP contribution in [-0.2, 0) is 9.59 Å². The molecule has 0 bridgehead atoms. The molecule has 2 rings (SSSR count). The van der Waals surface area contributed by atoms with Crippen LogP contribution in [0.15, 0.2) is 18.3 Å². The molecule has 1 N–H and O–H groups in total. The van der Waals surface area contributed by atoms with Crippen molar-refractivity contribution in [3.05, 3.63) is 23.9 Å². The number of aromatic nitrogens is 1. The summed E-state index contributed by atoms with van der Waals surface area (Å²) in [6.45, 7) is 0. The zero-order valence-corrected chi connectivity index (χ0v) is 8.21. The van der Waals surface area contributed by atoms with Gasteiger partial charge in [0.15, 0.2) is 0 Å². The summed E-state index contributed by atoms with van der Waals surface area (Å²) < 4.78 is 0. The summed E-state index contributed by atoms with van der Waals surface area (Å²) >= 11 is 0. The van der Waals surface area contributed by atoms with E-state index in [1.165, 1.54) is 12.1 Å². The predicted octanol–water partition coefficient (Wildman–Crippen LogP) is 0.433. The van der Waals surface area contributed by atoms with Crippen LogP contribution in [0.5, 0.6) is 0 Å². The van der Waals surface area contributed by atoms with Crippen molar-refractivity contribution >= 4 is 23.6 Å². The fraction of sp³-hybridized carbons (Fsp3) is 0.200. The van der Waals surface area contributed by atoms with Crippen LogP contribution >= 0.6 is 0 Å². The number of rotatable bonds is 2. The lowest BCUT2D eigenvalue weighted by molar-refractivity contribution is -0.121. The smallest absolute Gasteiger partial charge is 0.337 e. The predicted molar refractivity (Wildman–Crippen MR) is 52.9 cm³/mol. The SMILES string of the molecule is O=C(O)c1ccc(N2C(=O)CCC2=O)nc1. The Labute approximate surface area is 90.5 Å². The van der Waals surface area contributed by atoms with Crippen molar-refractivity contribution in [1.82, 2.24) is 4.98 Å². The van der Waals surface area contributed by atoms with Crippen molar-refractivity contribution in [2.45, 2.75) is 12.8 Å². The molecule has 0 aliphatic carbocycles. The van der Waals surface area contributed by atoms with Gasteiger partial charge in [0.25, 0.3) is 0 Å². The fourth-order valence-electron chi connectivity index (χ4n) is 1.48. The fourth-order valence-corrected chi connectivity index (χ4v) is 1.48. The Kier molecular flexibility index (Phi) is 2.40. The van der Waals surface area contributed by atoms with Gasteiger partial charge in [0, 0.05) is 19.0 Å². The molecule has 2 amide bonds. The molecule has 6 heteroatoms. The molecule has 0 unspecified atom stereocenters. The van der Waals surface area contributed by atoms with Gasteiger partial charge in [0.2, 0.25) is 11.8 Å². The molecule has 0 atom stereocenters. The molecule has 6 nitrogen and oxygen atoms in total. The van der Waals surface area contributed by atoms with E-state index in [9.17, 15) is 14.4 Å². The number of imide groups is 1. The maximum absolute atomic E-state index is 11.4. The number of amides is 2. The van der Waals surface area contributed by atoms with E-state index in [2.05, 4.69) is 4.98 Å². The molecule has 1 aliphatic heterocycles. The Morgan fingerprint density at radius 1 is 1.25 bits per heavy atom. The molecule has 0 saturated carbocycles. The van der Waals surface area contributed by atoms with Crippen molar-refractivity contribution in [3.63, 3.8) is 0 Å². The summed E-state index contributed by atoms with van der Waals surface area (Å²) in [6.07, 6.45) is 1.49. The number of nitrogens with zero attached hydrogens (tertiary/aromatic N) is 2. The minimum atomic E-state index is -1.10. The molecule has 1 aromatic heterocycles. The molecular formula is C10H8N2O4. The van der Waals surface area contributed by atoms with Crippen molar-refractivity contribution in [2.24, 2.45) is 0 Å². The van der Waals surface area contributed by atoms with Crippen LogP contribution in [0.2, 0.25) is 0 Å². The Balaban J connectivity index is 2.31. The van der Waals surface area contributed by atoms with E-state index < -0.39 is 5.97 Å². The van der Waals surface area contributed by atoms with Crippen LogP contribution in [-0.4, -0.2) is 27.9 Å². The molecule has 0 spiro atoms. The van der Waals surface area contributed by atoms with Gasteiger partial charge in [-0.3, -0.25) is 9.59 Å². The Morgan fingerprint density at radius 2 is 1.88 bits per heavy atom. The van der Waals surface area contributed by atoms with Crippen LogP contribution < -0.4 is 4.90 Å². The highest BCUT2D eigenvalue weighted by molar-refractivity contribution is 6.19. The zero-order valence-electron chi connectivity index (χ0n) is 8.21. The average molecular weight is 220 g/mol. The third-order valence-electron chi connectivity index (χ3n) is 2.28. The highest BCUT2D eigenvalue weighted by Gasteiger charge is 2.31. The number of hydrogen-bond donors (Lipinski definition) is 1. The first-order valence-electron chi connectivity index (χ1n) is 4.65. The number of anilines is 1. The molecular weight excluding hydrogens is 212 g/mol. The second-order valence-electron chi connectivity index (χ2n) is 3.33. The highest BCUT2D eigenvalue weighted by Crippen LogP contribution is 2.20. The number of carbonyl (C=O) groups is 3. The maximum atomic E-state index is 11.4. The molecule has 1 aromatic rings. The van der Waals surface area contributed by atoms with Crippen molar-refractivity contribution in [1.29, 1.82) is 0 Å². The van der Waals surface area contributed by atoms with E-state index in [4.69, 9.17) is 5.11 Å². The van der Waals surface area contributed by atoms with E-state index in [-0.39, 0.29) is 36.0 Å². The Morgan fingerprint density at radius 3 is 2.31 bits per heavy atom. The van der Waals surface area contributed by atoms with E-state index in [1.807, 2.05) is 0 Å². The third-order valence-corrected chi connectivity index (χ3v) is 2.28. The molecule has 16 heavy (non-hydrogen) atoms. The van der Waals surface area contributed by atoms with Crippen LogP contribution in [0.4, 0.5) is 5.82 Å². The van der Waals surface area contributed by atoms with Gasteiger partial charge in [0.1, 0.15) is 5.82 Å². The van der Waals surface area contributed by atoms with Gasteiger partial charge < -0.3 is 5.11 Å². The van der Waals surface area contributed by atoms with Crippen molar-refractivity contribution < 1.29 is 19.5 Å². The first kappa shape index (κ1) is 10.3. The lowest BCUT2D eigenvalue weighted by Crippen LogP contribution is -2.29. The summed E-state index contributed by atoms with van der Waals surface area (Å²) in [6, 6.07) is 2.66. The number of carbonyl (C=O) groups excluding carboxylic acids is 2. The molecule has 1 fully saturated rings. The number of pyridine rings is 1. The van der Waals surface area contributed by atoms with Gasteiger partial charge in [-0.1, -0.05) is 0 Å². The van der Waals surface area contributed by atoms with Crippen molar-refractivity contribution in [2.75, 3.05) is 4.90 Å². The summed E-state index contributed by atoms with van der Waals surface area (Å²) in [5.41, 5.74) is 0.0165. The molecule has 2 heterocycles. The van der Waals surface area contributed by atoms with E-state index in [1.54, 1.807) is 0 Å². The van der Waals surface area contributed by atoms with Gasteiger partial charge in [-0.05, 0) is 12.1 Å². The molecule has 0 aromatic carbocycles. The van der Waals surface area contributed by atoms with Gasteiger partial charge in [-0.15, -0.1) is 0 Å². The summed E-state index contributed by atoms with van der Waals surface area (Å²) in [7, 11) is 0. The minimum absolute atomic E-state index is 0.0165. The van der Waals surface area contributed by atoms with E-state index in [0.29, 0.717) is 0 Å². The second kappa shape index (κ2) is 3.73. The van der Waals surface area contributed by atoms with Crippen LogP contribution in [0.3, 0.4) is 0 Å². The minimum Gasteiger partial charge on any atom is -0.478 e. The van der Waals surface area contributed by atoms with Crippen LogP contribution in [0.25, 0.3) is 0 Å². The quantitative estimate of drug-likeness (QED) is 0.730. The molecule has 1 saturated heterocycles. The van der Waals surface area contributed by atoms with Gasteiger partial charge in [0.05, 0.1) is 5.56 Å². The summed E-state index contributed by atoms with van der Waals surface area (Å²) in [4.78, 5) is 38.0. The molecule has 0 radical (unpaired) electrons. The topological polar surface area (TPSA) is 87.6 Å². The standard InChI is InChI=1S/C10H8N2O4/c13-8-3-4-9(14)12(8)7-2-1-6(5-11-7)10(15)16/h1-2,5H,3-4H2,(H,15,16). The Hall–Kier alpha value is -2.24. The van der Waals surface area contributed by atoms with Crippen molar-refractivity contribution in [3.8, 4) is 0 Å². The number of carboxylic acid groups (broad SMARTS) is 1. The highest BCUT2D eigenvalue weighted by atomic mass is 16.4. The van der Waals surface area contributed by atoms with Gasteiger partial charge in [-0.25, -0.2) is 14.7 Å². The summed E-state index contributed by atoms with van der Waals surface area (Å²) in [5.74, 6) is -1.53. The van der Waals surface area contributed by atoms with E-state index in [0.717, 1.165) is 11.1 Å². The first-order valence-corrected chi connectivity index (χ1v) is 4.65. The number of hydrogen-bond acceptors (Lipinski definition) is 4. The zero-order chi connectivity index (χ0) is 11.7. The normalized spacial score (nSPS) is 15.6. The first-order chi connectivity index (χ1) is 7.59. The number of carboxylic acids is 1.